The summed E-state index contributed by atoms with van der Waals surface area (Å²) in [5.74, 6) is 0. The second-order valence-electron chi connectivity index (χ2n) is 19.5. The van der Waals surface area contributed by atoms with E-state index in [1.165, 1.54) is 116 Å². The molecule has 1 unspecified atom stereocenters. The molecule has 1 atom stereocenters. The van der Waals surface area contributed by atoms with Crippen LogP contribution >= 0.6 is 0 Å². The van der Waals surface area contributed by atoms with Crippen molar-refractivity contribution in [3.8, 4) is 39.1 Å². The molecule has 0 bridgehead atoms. The van der Waals surface area contributed by atoms with E-state index in [1.54, 1.807) is 0 Å². The van der Waals surface area contributed by atoms with Crippen LogP contribution in [0.1, 0.15) is 47.2 Å². The Labute approximate surface area is 395 Å². The molecule has 2 heterocycles. The van der Waals surface area contributed by atoms with Gasteiger partial charge in [-0.05, 0) is 125 Å². The molecule has 2 heteroatoms. The summed E-state index contributed by atoms with van der Waals surface area (Å²) in [5, 5.41) is 7.56. The summed E-state index contributed by atoms with van der Waals surface area (Å²) in [4.78, 5) is 2.55. The predicted octanol–water partition coefficient (Wildman–Crippen LogP) is 17.2. The first-order valence-corrected chi connectivity index (χ1v) is 23.9. The zero-order valence-electron chi connectivity index (χ0n) is 37.8. The average molecular weight is 865 g/mol. The molecule has 0 saturated carbocycles. The quantitative estimate of drug-likeness (QED) is 0.171. The maximum atomic E-state index is 2.60. The van der Waals surface area contributed by atoms with E-state index in [0.29, 0.717) is 0 Å². The van der Waals surface area contributed by atoms with Crippen molar-refractivity contribution in [2.45, 2.75) is 24.7 Å². The molecule has 318 valence electrons. The second kappa shape index (κ2) is 13.6. The lowest BCUT2D eigenvalue weighted by molar-refractivity contribution is 0.660. The molecular formula is C66H44N2. The highest BCUT2D eigenvalue weighted by atomic mass is 15.1. The molecule has 68 heavy (non-hydrogen) atoms. The Morgan fingerprint density at radius 3 is 1.84 bits per heavy atom. The van der Waals surface area contributed by atoms with Crippen molar-refractivity contribution in [3.63, 3.8) is 0 Å². The number of fused-ring (bicyclic) bond motifs is 19. The largest absolute Gasteiger partial charge is 0.310 e. The molecule has 11 aromatic carbocycles. The summed E-state index contributed by atoms with van der Waals surface area (Å²) in [6, 6.07) is 87.0. The van der Waals surface area contributed by atoms with Gasteiger partial charge in [-0.3, -0.25) is 0 Å². The minimum absolute atomic E-state index is 0.166. The molecule has 1 spiro atoms. The molecule has 15 rings (SSSR count). The van der Waals surface area contributed by atoms with E-state index < -0.39 is 5.41 Å². The molecule has 12 aromatic rings. The van der Waals surface area contributed by atoms with Crippen LogP contribution in [0, 0.1) is 0 Å². The van der Waals surface area contributed by atoms with Gasteiger partial charge in [-0.1, -0.05) is 202 Å². The molecule has 2 nitrogen and oxygen atoms in total. The van der Waals surface area contributed by atoms with Crippen LogP contribution in [-0.4, -0.2) is 4.57 Å². The van der Waals surface area contributed by atoms with Gasteiger partial charge in [0.2, 0.25) is 0 Å². The Kier molecular flexibility index (Phi) is 7.53. The van der Waals surface area contributed by atoms with Crippen LogP contribution in [-0.2, 0) is 10.8 Å². The summed E-state index contributed by atoms with van der Waals surface area (Å²) in [6.07, 6.45) is 0. The number of aromatic nitrogens is 1. The highest BCUT2D eigenvalue weighted by Crippen LogP contribution is 2.65. The third kappa shape index (κ3) is 4.76. The van der Waals surface area contributed by atoms with Crippen LogP contribution in [0.25, 0.3) is 82.4 Å². The summed E-state index contributed by atoms with van der Waals surface area (Å²) in [5.41, 5.74) is 22.0. The van der Waals surface area contributed by atoms with Gasteiger partial charge in [-0.15, -0.1) is 0 Å². The standard InChI is InChI=1S/C66H44N2/c1-65(2)53-26-12-10-21-47(53)48-37-36-45(39-57(48)65)67(44-34-31-42(32-35-44)41-17-4-3-5-18-41)61-40-58-63(51-24-9-8-22-49(51)61)62-46-20-7-6-19-43(46)33-38-55(62)66(58)54-27-13-15-30-60(54)68-59-29-14-11-23-50(59)52-25-16-28-56(66)64(52)68/h3-40H,1-2H3. The number of benzene rings is 11. The van der Waals surface area contributed by atoms with Crippen LogP contribution < -0.4 is 4.90 Å². The first-order chi connectivity index (χ1) is 33.5. The first kappa shape index (κ1) is 37.7. The van der Waals surface area contributed by atoms with Crippen molar-refractivity contribution in [1.29, 1.82) is 0 Å². The SMILES string of the molecule is CC1(C)c2ccccc2-c2ccc(N(c3ccc(-c4ccccc4)cc3)c3cc4c(c5ccccc35)-c3c(ccc5ccccc35)C43c4ccccc4-n4c5ccccc5c5cccc3c54)cc21. The lowest BCUT2D eigenvalue weighted by Gasteiger charge is -2.40. The van der Waals surface area contributed by atoms with Crippen molar-refractivity contribution >= 4 is 60.4 Å². The van der Waals surface area contributed by atoms with Gasteiger partial charge in [0.25, 0.3) is 0 Å². The van der Waals surface area contributed by atoms with Gasteiger partial charge in [-0.25, -0.2) is 0 Å². The fraction of sp³-hybridized carbons (Fsp3) is 0.0606. The monoisotopic (exact) mass is 864 g/mol. The van der Waals surface area contributed by atoms with Crippen LogP contribution in [0.3, 0.4) is 0 Å². The molecule has 0 fully saturated rings. The fourth-order valence-corrected chi connectivity index (χ4v) is 13.1. The number of hydrogen-bond acceptors (Lipinski definition) is 1. The van der Waals surface area contributed by atoms with E-state index in [2.05, 4.69) is 254 Å². The number of nitrogens with zero attached hydrogens (tertiary/aromatic N) is 2. The van der Waals surface area contributed by atoms with Crippen LogP contribution in [0.4, 0.5) is 17.1 Å². The number of hydrogen-bond donors (Lipinski definition) is 0. The van der Waals surface area contributed by atoms with Crippen LogP contribution in [0.2, 0.25) is 0 Å². The molecule has 1 aromatic heterocycles. The van der Waals surface area contributed by atoms with Crippen molar-refractivity contribution in [1.82, 2.24) is 4.57 Å². The highest BCUT2D eigenvalue weighted by Gasteiger charge is 2.52. The maximum Gasteiger partial charge on any atom is 0.0755 e. The molecular weight excluding hydrogens is 821 g/mol. The van der Waals surface area contributed by atoms with Gasteiger partial charge >= 0.3 is 0 Å². The van der Waals surface area contributed by atoms with E-state index in [4.69, 9.17) is 0 Å². The average Bonchev–Trinajstić information content (AvgIpc) is 3.98. The third-order valence-corrected chi connectivity index (χ3v) is 16.0. The van der Waals surface area contributed by atoms with Crippen molar-refractivity contribution in [2.75, 3.05) is 4.90 Å². The summed E-state index contributed by atoms with van der Waals surface area (Å²) in [6.45, 7) is 4.77. The van der Waals surface area contributed by atoms with Gasteiger partial charge in [0, 0.05) is 32.9 Å². The topological polar surface area (TPSA) is 8.17 Å². The van der Waals surface area contributed by atoms with Crippen molar-refractivity contribution in [2.24, 2.45) is 0 Å². The Morgan fingerprint density at radius 1 is 0.368 bits per heavy atom. The summed E-state index contributed by atoms with van der Waals surface area (Å²) < 4.78 is 2.55. The van der Waals surface area contributed by atoms with Gasteiger partial charge < -0.3 is 9.47 Å². The maximum absolute atomic E-state index is 2.60. The Balaban J connectivity index is 1.09. The lowest BCUT2D eigenvalue weighted by atomic mass is 9.65. The van der Waals surface area contributed by atoms with Gasteiger partial charge in [0.1, 0.15) is 0 Å². The molecule has 0 amide bonds. The van der Waals surface area contributed by atoms with Crippen molar-refractivity contribution < 1.29 is 0 Å². The van der Waals surface area contributed by atoms with Gasteiger partial charge in [0.15, 0.2) is 0 Å². The normalized spacial score (nSPS) is 15.7. The minimum atomic E-state index is -0.641. The predicted molar refractivity (Wildman–Crippen MR) is 284 cm³/mol. The van der Waals surface area contributed by atoms with Crippen LogP contribution in [0.15, 0.2) is 231 Å². The fourth-order valence-electron chi connectivity index (χ4n) is 13.1. The van der Waals surface area contributed by atoms with E-state index in [1.807, 2.05) is 0 Å². The van der Waals surface area contributed by atoms with Crippen LogP contribution in [0.5, 0.6) is 0 Å². The van der Waals surface area contributed by atoms with Gasteiger partial charge in [0.05, 0.1) is 27.8 Å². The molecule has 0 N–H and O–H groups in total. The third-order valence-electron chi connectivity index (χ3n) is 16.0. The number of para-hydroxylation sites is 3. The Hall–Kier alpha value is -8.46. The second-order valence-corrected chi connectivity index (χ2v) is 19.5. The smallest absolute Gasteiger partial charge is 0.0755 e. The molecule has 2 aliphatic carbocycles. The van der Waals surface area contributed by atoms with E-state index in [9.17, 15) is 0 Å². The van der Waals surface area contributed by atoms with Gasteiger partial charge in [-0.2, -0.15) is 0 Å². The highest BCUT2D eigenvalue weighted by molar-refractivity contribution is 6.18. The molecule has 0 saturated heterocycles. The molecule has 0 radical (unpaired) electrons. The zero-order chi connectivity index (χ0) is 44.9. The Bertz CT molecular complexity index is 4120. The summed E-state index contributed by atoms with van der Waals surface area (Å²) >= 11 is 0. The molecule has 3 aliphatic rings. The first-order valence-electron chi connectivity index (χ1n) is 23.9. The minimum Gasteiger partial charge on any atom is -0.310 e. The van der Waals surface area contributed by atoms with E-state index in [-0.39, 0.29) is 5.41 Å². The lowest BCUT2D eigenvalue weighted by Crippen LogP contribution is -2.33. The summed E-state index contributed by atoms with van der Waals surface area (Å²) in [7, 11) is 0. The van der Waals surface area contributed by atoms with E-state index >= 15 is 0 Å². The Morgan fingerprint density at radius 2 is 0.985 bits per heavy atom. The zero-order valence-corrected chi connectivity index (χ0v) is 37.8. The number of anilines is 3. The number of rotatable bonds is 4. The molecule has 1 aliphatic heterocycles. The van der Waals surface area contributed by atoms with Crippen molar-refractivity contribution in [3.05, 3.63) is 264 Å². The van der Waals surface area contributed by atoms with E-state index in [0.717, 1.165) is 17.1 Å².